The van der Waals surface area contributed by atoms with Crippen molar-refractivity contribution in [3.63, 3.8) is 0 Å². The molecule has 2 heterocycles. The van der Waals surface area contributed by atoms with Gasteiger partial charge in [-0.15, -0.1) is 0 Å². The Morgan fingerprint density at radius 2 is 2.00 bits per heavy atom. The van der Waals surface area contributed by atoms with Gasteiger partial charge in [0.25, 0.3) is 0 Å². The maximum Gasteiger partial charge on any atom is 0.354 e. The summed E-state index contributed by atoms with van der Waals surface area (Å²) in [5.41, 5.74) is 2.92. The summed E-state index contributed by atoms with van der Waals surface area (Å²) < 4.78 is 0. The number of anilines is 4. The number of nitro groups is 1. The van der Waals surface area contributed by atoms with E-state index < -0.39 is 4.92 Å². The van der Waals surface area contributed by atoms with Crippen molar-refractivity contribution >= 4 is 34.5 Å². The number of aryl methyl sites for hydroxylation is 1. The van der Waals surface area contributed by atoms with Gasteiger partial charge in [-0.1, -0.05) is 30.3 Å². The van der Waals surface area contributed by atoms with Crippen molar-refractivity contribution in [1.82, 2.24) is 9.97 Å². The highest BCUT2D eigenvalue weighted by Gasteiger charge is 2.30. The Labute approximate surface area is 167 Å². The molecule has 1 N–H and O–H groups in total. The van der Waals surface area contributed by atoms with Crippen LogP contribution in [-0.2, 0) is 6.42 Å². The minimum Gasteiger partial charge on any atom is -0.334 e. The van der Waals surface area contributed by atoms with Crippen LogP contribution in [0.1, 0.15) is 29.3 Å². The van der Waals surface area contributed by atoms with E-state index in [1.165, 1.54) is 13.3 Å². The van der Waals surface area contributed by atoms with Crippen molar-refractivity contribution in [1.29, 1.82) is 0 Å². The predicted molar refractivity (Wildman–Crippen MR) is 110 cm³/mol. The number of benzene rings is 2. The highest BCUT2D eigenvalue weighted by molar-refractivity contribution is 5.95. The molecule has 3 aromatic rings. The third-order valence-corrected chi connectivity index (χ3v) is 4.88. The summed E-state index contributed by atoms with van der Waals surface area (Å²) in [6.45, 7) is 2.10. The minimum atomic E-state index is -0.469. The Morgan fingerprint density at radius 3 is 2.79 bits per heavy atom. The molecule has 0 atom stereocenters. The second-order valence-corrected chi connectivity index (χ2v) is 6.80. The Hall–Kier alpha value is -3.81. The van der Waals surface area contributed by atoms with Crippen LogP contribution in [0.2, 0.25) is 0 Å². The van der Waals surface area contributed by atoms with Crippen LogP contribution in [0.15, 0.2) is 54.9 Å². The maximum atomic E-state index is 12.0. The number of hydrogen-bond acceptors (Lipinski definition) is 7. The molecule has 0 amide bonds. The van der Waals surface area contributed by atoms with Gasteiger partial charge in [0.1, 0.15) is 6.33 Å². The molecular formula is C21H19N5O3. The van der Waals surface area contributed by atoms with Gasteiger partial charge in [0.2, 0.25) is 11.6 Å². The molecule has 2 aromatic carbocycles. The van der Waals surface area contributed by atoms with Crippen molar-refractivity contribution in [3.05, 3.63) is 76.1 Å². The van der Waals surface area contributed by atoms with Crippen molar-refractivity contribution in [2.24, 2.45) is 0 Å². The van der Waals surface area contributed by atoms with Gasteiger partial charge >= 0.3 is 5.69 Å². The Morgan fingerprint density at radius 1 is 1.17 bits per heavy atom. The number of fused-ring (bicyclic) bond motifs is 1. The van der Waals surface area contributed by atoms with Crippen LogP contribution in [0.5, 0.6) is 0 Å². The van der Waals surface area contributed by atoms with Crippen LogP contribution in [0, 0.1) is 10.1 Å². The lowest BCUT2D eigenvalue weighted by molar-refractivity contribution is -0.383. The molecule has 0 radical (unpaired) electrons. The first-order valence-corrected chi connectivity index (χ1v) is 9.27. The number of hydrogen-bond donors (Lipinski definition) is 1. The molecule has 0 spiro atoms. The van der Waals surface area contributed by atoms with E-state index in [4.69, 9.17) is 0 Å². The molecule has 1 aliphatic heterocycles. The SMILES string of the molecule is CC(=O)c1cccc(Nc2ncnc(N3CCCc4ccccc43)c2[N+](=O)[O-])c1. The minimum absolute atomic E-state index is 0.0866. The number of rotatable bonds is 5. The maximum absolute atomic E-state index is 12.0. The Bertz CT molecular complexity index is 1100. The number of Topliss-reactive ketones (excluding diaryl/α,β-unsaturated/α-hetero) is 1. The van der Waals surface area contributed by atoms with Gasteiger partial charge in [-0.05, 0) is 43.5 Å². The summed E-state index contributed by atoms with van der Waals surface area (Å²) in [7, 11) is 0. The molecule has 0 unspecified atom stereocenters. The number of ketones is 1. The number of nitrogens with zero attached hydrogens (tertiary/aromatic N) is 4. The zero-order valence-electron chi connectivity index (χ0n) is 15.8. The lowest BCUT2D eigenvalue weighted by Gasteiger charge is -2.30. The summed E-state index contributed by atoms with van der Waals surface area (Å²) >= 11 is 0. The average Bonchev–Trinajstić information content (AvgIpc) is 2.73. The molecule has 8 nitrogen and oxygen atoms in total. The van der Waals surface area contributed by atoms with Gasteiger partial charge < -0.3 is 10.2 Å². The molecule has 0 saturated carbocycles. The Kier molecular flexibility index (Phi) is 4.90. The van der Waals surface area contributed by atoms with Gasteiger partial charge in [-0.2, -0.15) is 0 Å². The van der Waals surface area contributed by atoms with Gasteiger partial charge in [-0.25, -0.2) is 9.97 Å². The van der Waals surface area contributed by atoms with E-state index in [1.54, 1.807) is 24.3 Å². The quantitative estimate of drug-likeness (QED) is 0.392. The third-order valence-electron chi connectivity index (χ3n) is 4.88. The van der Waals surface area contributed by atoms with Gasteiger partial charge in [0.15, 0.2) is 5.78 Å². The van der Waals surface area contributed by atoms with Crippen LogP contribution in [0.3, 0.4) is 0 Å². The zero-order valence-corrected chi connectivity index (χ0v) is 15.8. The second-order valence-electron chi connectivity index (χ2n) is 6.80. The van der Waals surface area contributed by atoms with Crippen molar-refractivity contribution in [3.8, 4) is 0 Å². The smallest absolute Gasteiger partial charge is 0.334 e. The fourth-order valence-corrected chi connectivity index (χ4v) is 3.53. The molecule has 0 bridgehead atoms. The van der Waals surface area contributed by atoms with E-state index in [2.05, 4.69) is 15.3 Å². The molecule has 1 aliphatic rings. The first-order chi connectivity index (χ1) is 14.0. The fourth-order valence-electron chi connectivity index (χ4n) is 3.53. The largest absolute Gasteiger partial charge is 0.354 e. The highest BCUT2D eigenvalue weighted by Crippen LogP contribution is 2.40. The van der Waals surface area contributed by atoms with E-state index in [0.717, 1.165) is 24.1 Å². The molecule has 29 heavy (non-hydrogen) atoms. The standard InChI is InChI=1S/C21H19N5O3/c1-14(27)16-7-4-9-17(12-16)24-20-19(26(28)29)21(23-13-22-20)25-11-5-8-15-6-2-3-10-18(15)25/h2-4,6-7,9-10,12-13H,5,8,11H2,1H3,(H,22,23,24). The lowest BCUT2D eigenvalue weighted by atomic mass is 10.0. The normalized spacial score (nSPS) is 12.9. The number of aromatic nitrogens is 2. The third kappa shape index (κ3) is 3.64. The van der Waals surface area contributed by atoms with Crippen LogP contribution in [-0.4, -0.2) is 27.2 Å². The van der Waals surface area contributed by atoms with Crippen LogP contribution in [0.25, 0.3) is 0 Å². The summed E-state index contributed by atoms with van der Waals surface area (Å²) in [5, 5.41) is 14.9. The number of carbonyl (C=O) groups excluding carboxylic acids is 1. The molecular weight excluding hydrogens is 370 g/mol. The van der Waals surface area contributed by atoms with Crippen molar-refractivity contribution in [2.45, 2.75) is 19.8 Å². The first kappa shape index (κ1) is 18.5. The van der Waals surface area contributed by atoms with Crippen LogP contribution in [0.4, 0.5) is 28.7 Å². The zero-order chi connectivity index (χ0) is 20.4. The number of nitrogens with one attached hydrogen (secondary N) is 1. The molecule has 0 saturated heterocycles. The molecule has 1 aromatic heterocycles. The van der Waals surface area contributed by atoms with Crippen molar-refractivity contribution in [2.75, 3.05) is 16.8 Å². The summed E-state index contributed by atoms with van der Waals surface area (Å²) in [4.78, 5) is 33.4. The van der Waals surface area contributed by atoms with E-state index in [1.807, 2.05) is 29.2 Å². The van der Waals surface area contributed by atoms with Crippen LogP contribution >= 0.6 is 0 Å². The Balaban J connectivity index is 1.78. The van der Waals surface area contributed by atoms with Gasteiger partial charge in [-0.3, -0.25) is 14.9 Å². The highest BCUT2D eigenvalue weighted by atomic mass is 16.6. The van der Waals surface area contributed by atoms with E-state index in [9.17, 15) is 14.9 Å². The van der Waals surface area contributed by atoms with E-state index >= 15 is 0 Å². The lowest BCUT2D eigenvalue weighted by Crippen LogP contribution is -2.26. The predicted octanol–water partition coefficient (Wildman–Crippen LogP) is 4.42. The van der Waals surface area contributed by atoms with Gasteiger partial charge in [0, 0.05) is 23.5 Å². The molecule has 0 fully saturated rings. The molecule has 146 valence electrons. The fraction of sp³-hybridized carbons (Fsp3) is 0.190. The molecule has 0 aliphatic carbocycles. The van der Waals surface area contributed by atoms with Gasteiger partial charge in [0.05, 0.1) is 4.92 Å². The monoisotopic (exact) mass is 389 g/mol. The number of carbonyl (C=O) groups is 1. The van der Waals surface area contributed by atoms with Crippen molar-refractivity contribution < 1.29 is 9.72 Å². The van der Waals surface area contributed by atoms with E-state index in [0.29, 0.717) is 17.8 Å². The summed E-state index contributed by atoms with van der Waals surface area (Å²) in [6.07, 6.45) is 3.12. The molecule has 8 heteroatoms. The molecule has 4 rings (SSSR count). The van der Waals surface area contributed by atoms with Crippen LogP contribution < -0.4 is 10.2 Å². The first-order valence-electron chi connectivity index (χ1n) is 9.27. The summed E-state index contributed by atoms with van der Waals surface area (Å²) in [6, 6.07) is 14.6. The number of para-hydroxylation sites is 1. The second kappa shape index (κ2) is 7.67. The average molecular weight is 389 g/mol. The summed E-state index contributed by atoms with van der Waals surface area (Å²) in [5.74, 6) is 0.252. The van der Waals surface area contributed by atoms with E-state index in [-0.39, 0.29) is 23.1 Å². The topological polar surface area (TPSA) is 101 Å².